The Labute approximate surface area is 119 Å². The summed E-state index contributed by atoms with van der Waals surface area (Å²) in [5.74, 6) is 1.48. The van der Waals surface area contributed by atoms with Gasteiger partial charge in [0.05, 0.1) is 12.6 Å². The number of H-pyrrole nitrogens is 1. The van der Waals surface area contributed by atoms with Crippen LogP contribution in [0.2, 0.25) is 0 Å². The van der Waals surface area contributed by atoms with E-state index in [0.717, 1.165) is 34.4 Å². The fourth-order valence-electron chi connectivity index (χ4n) is 2.88. The van der Waals surface area contributed by atoms with E-state index in [4.69, 9.17) is 17.0 Å². The molecule has 2 rings (SSSR count). The quantitative estimate of drug-likeness (QED) is 0.803. The molecule has 1 aromatic heterocycles. The summed E-state index contributed by atoms with van der Waals surface area (Å²) < 4.78 is 8.40. The van der Waals surface area contributed by atoms with E-state index < -0.39 is 0 Å². The average Bonchev–Trinajstić information content (AvgIpc) is 2.75. The van der Waals surface area contributed by atoms with Crippen LogP contribution in [0, 0.1) is 10.7 Å². The number of aromatic amines is 1. The molecule has 4 heteroatoms. The SMILES string of the molecule is CCC(CC)C(C)n1c(=S)[nH]c2c(OC)cccc21. The highest BCUT2D eigenvalue weighted by atomic mass is 32.1. The minimum Gasteiger partial charge on any atom is -0.494 e. The lowest BCUT2D eigenvalue weighted by Gasteiger charge is -2.23. The normalized spacial score (nSPS) is 13.1. The zero-order valence-corrected chi connectivity index (χ0v) is 12.9. The molecule has 0 radical (unpaired) electrons. The number of hydrogen-bond donors (Lipinski definition) is 1. The molecule has 0 amide bonds. The lowest BCUT2D eigenvalue weighted by Crippen LogP contribution is -2.15. The van der Waals surface area contributed by atoms with Crippen molar-refractivity contribution in [2.24, 2.45) is 5.92 Å². The summed E-state index contributed by atoms with van der Waals surface area (Å²) in [6, 6.07) is 6.46. The molecule has 0 bridgehead atoms. The number of nitrogens with zero attached hydrogens (tertiary/aromatic N) is 1. The molecule has 0 saturated heterocycles. The number of hydrogen-bond acceptors (Lipinski definition) is 2. The van der Waals surface area contributed by atoms with Gasteiger partial charge in [-0.2, -0.15) is 0 Å². The van der Waals surface area contributed by atoms with Gasteiger partial charge < -0.3 is 14.3 Å². The fraction of sp³-hybridized carbons (Fsp3) is 0.533. The van der Waals surface area contributed by atoms with Gasteiger partial charge in [-0.15, -0.1) is 0 Å². The molecule has 0 aliphatic carbocycles. The zero-order chi connectivity index (χ0) is 14.0. The third-order valence-corrected chi connectivity index (χ3v) is 4.37. The van der Waals surface area contributed by atoms with Crippen molar-refractivity contribution in [3.05, 3.63) is 23.0 Å². The maximum absolute atomic E-state index is 5.50. The van der Waals surface area contributed by atoms with Crippen LogP contribution in [0.5, 0.6) is 5.75 Å². The monoisotopic (exact) mass is 278 g/mol. The molecule has 104 valence electrons. The predicted octanol–water partition coefficient (Wildman–Crippen LogP) is 4.70. The van der Waals surface area contributed by atoms with Crippen LogP contribution in [0.1, 0.15) is 39.7 Å². The second kappa shape index (κ2) is 5.78. The number of ether oxygens (including phenoxy) is 1. The molecule has 1 atom stereocenters. The molecule has 0 spiro atoms. The van der Waals surface area contributed by atoms with Gasteiger partial charge in [0.1, 0.15) is 11.3 Å². The number of rotatable bonds is 5. The van der Waals surface area contributed by atoms with Gasteiger partial charge in [0.25, 0.3) is 0 Å². The highest BCUT2D eigenvalue weighted by molar-refractivity contribution is 7.71. The summed E-state index contributed by atoms with van der Waals surface area (Å²) in [4.78, 5) is 3.28. The lowest BCUT2D eigenvalue weighted by atomic mass is 9.95. The van der Waals surface area contributed by atoms with Crippen LogP contribution in [-0.2, 0) is 0 Å². The largest absolute Gasteiger partial charge is 0.494 e. The Morgan fingerprint density at radius 1 is 1.32 bits per heavy atom. The summed E-state index contributed by atoms with van der Waals surface area (Å²) in [6.07, 6.45) is 2.33. The Morgan fingerprint density at radius 3 is 2.58 bits per heavy atom. The molecule has 0 aliphatic heterocycles. The molecule has 0 saturated carbocycles. The van der Waals surface area contributed by atoms with Crippen LogP contribution in [0.4, 0.5) is 0 Å². The second-order valence-corrected chi connectivity index (χ2v) is 5.36. The topological polar surface area (TPSA) is 29.9 Å². The second-order valence-electron chi connectivity index (χ2n) is 4.97. The Balaban J connectivity index is 2.61. The van der Waals surface area contributed by atoms with E-state index in [1.54, 1.807) is 7.11 Å². The van der Waals surface area contributed by atoms with E-state index in [1.165, 1.54) is 0 Å². The van der Waals surface area contributed by atoms with Crippen molar-refractivity contribution in [1.29, 1.82) is 0 Å². The van der Waals surface area contributed by atoms with Crippen molar-refractivity contribution in [2.75, 3.05) is 7.11 Å². The van der Waals surface area contributed by atoms with E-state index >= 15 is 0 Å². The maximum Gasteiger partial charge on any atom is 0.178 e. The van der Waals surface area contributed by atoms with Crippen LogP contribution >= 0.6 is 12.2 Å². The first-order chi connectivity index (χ1) is 9.13. The summed E-state index contributed by atoms with van der Waals surface area (Å²) in [7, 11) is 1.69. The number of imidazole rings is 1. The summed E-state index contributed by atoms with van der Waals surface area (Å²) in [5, 5.41) is 0. The zero-order valence-electron chi connectivity index (χ0n) is 12.1. The van der Waals surface area contributed by atoms with Crippen LogP contribution < -0.4 is 4.74 Å². The van der Waals surface area contributed by atoms with Gasteiger partial charge in [-0.1, -0.05) is 32.8 Å². The van der Waals surface area contributed by atoms with Crippen LogP contribution in [0.15, 0.2) is 18.2 Å². The number of methoxy groups -OCH3 is 1. The van der Waals surface area contributed by atoms with Crippen LogP contribution in [0.3, 0.4) is 0 Å². The third-order valence-electron chi connectivity index (χ3n) is 4.07. The molecule has 1 aromatic carbocycles. The van der Waals surface area contributed by atoms with Gasteiger partial charge >= 0.3 is 0 Å². The highest BCUT2D eigenvalue weighted by Gasteiger charge is 2.19. The third kappa shape index (κ3) is 2.41. The van der Waals surface area contributed by atoms with Gasteiger partial charge in [0.15, 0.2) is 4.77 Å². The maximum atomic E-state index is 5.50. The molecule has 0 aliphatic rings. The lowest BCUT2D eigenvalue weighted by molar-refractivity contribution is 0.337. The number of fused-ring (bicyclic) bond motifs is 1. The van der Waals surface area contributed by atoms with E-state index in [9.17, 15) is 0 Å². The average molecular weight is 278 g/mol. The van der Waals surface area contributed by atoms with Crippen molar-refractivity contribution < 1.29 is 4.74 Å². The van der Waals surface area contributed by atoms with E-state index in [-0.39, 0.29) is 0 Å². The first-order valence-corrected chi connectivity index (χ1v) is 7.32. The van der Waals surface area contributed by atoms with Crippen molar-refractivity contribution >= 4 is 23.3 Å². The van der Waals surface area contributed by atoms with Gasteiger partial charge in [-0.25, -0.2) is 0 Å². The van der Waals surface area contributed by atoms with Gasteiger partial charge in [-0.3, -0.25) is 0 Å². The fourth-order valence-corrected chi connectivity index (χ4v) is 3.25. The molecule has 1 N–H and O–H groups in total. The van der Waals surface area contributed by atoms with E-state index in [2.05, 4.69) is 36.4 Å². The summed E-state index contributed by atoms with van der Waals surface area (Å²) in [5.41, 5.74) is 2.12. The van der Waals surface area contributed by atoms with Crippen LogP contribution in [-0.4, -0.2) is 16.7 Å². The molecule has 2 aromatic rings. The van der Waals surface area contributed by atoms with Gasteiger partial charge in [0.2, 0.25) is 0 Å². The van der Waals surface area contributed by atoms with Crippen LogP contribution in [0.25, 0.3) is 11.0 Å². The molecular weight excluding hydrogens is 256 g/mol. The highest BCUT2D eigenvalue weighted by Crippen LogP contribution is 2.31. The van der Waals surface area contributed by atoms with Crippen molar-refractivity contribution in [3.63, 3.8) is 0 Å². The molecular formula is C15H22N2OS. The number of aromatic nitrogens is 2. The first-order valence-electron chi connectivity index (χ1n) is 6.91. The number of benzene rings is 1. The summed E-state index contributed by atoms with van der Waals surface area (Å²) >= 11 is 5.50. The smallest absolute Gasteiger partial charge is 0.178 e. The van der Waals surface area contributed by atoms with Gasteiger partial charge in [-0.05, 0) is 37.2 Å². The number of nitrogens with one attached hydrogen (secondary N) is 1. The minimum atomic E-state index is 0.392. The molecule has 1 heterocycles. The molecule has 0 fully saturated rings. The predicted molar refractivity (Wildman–Crippen MR) is 82.5 cm³/mol. The first kappa shape index (κ1) is 14.1. The molecule has 3 nitrogen and oxygen atoms in total. The number of para-hydroxylation sites is 1. The van der Waals surface area contributed by atoms with E-state index in [1.807, 2.05) is 12.1 Å². The Morgan fingerprint density at radius 2 is 2.00 bits per heavy atom. The van der Waals surface area contributed by atoms with Crippen molar-refractivity contribution in [3.8, 4) is 5.75 Å². The Kier molecular flexibility index (Phi) is 4.30. The van der Waals surface area contributed by atoms with Crippen molar-refractivity contribution in [2.45, 2.75) is 39.7 Å². The summed E-state index contributed by atoms with van der Waals surface area (Å²) in [6.45, 7) is 6.73. The standard InChI is InChI=1S/C15H22N2OS/c1-5-11(6-2)10(3)17-12-8-7-9-13(18-4)14(12)16-15(17)19/h7-11H,5-6H2,1-4H3,(H,16,19). The van der Waals surface area contributed by atoms with Crippen molar-refractivity contribution in [1.82, 2.24) is 9.55 Å². The Hall–Kier alpha value is -1.29. The molecule has 19 heavy (non-hydrogen) atoms. The van der Waals surface area contributed by atoms with E-state index in [0.29, 0.717) is 12.0 Å². The Bertz CT molecular complexity index is 610. The van der Waals surface area contributed by atoms with Gasteiger partial charge in [0, 0.05) is 6.04 Å². The molecule has 1 unspecified atom stereocenters. The minimum absolute atomic E-state index is 0.392.